The Morgan fingerprint density at radius 3 is 1.48 bits per heavy atom. The van der Waals surface area contributed by atoms with Crippen LogP contribution in [0.5, 0.6) is 0 Å². The zero-order valence-corrected chi connectivity index (χ0v) is 13.4. The molecule has 0 bridgehead atoms. The standard InChI is InChI=1S/C14H28N2O5/c1-13(2,19)11(17)15-7-5-9-21-10-6-8-16-12(18)14(3,4)20/h19-20H,5-10H2,1-4H3,(H,15,17)(H,16,18). The van der Waals surface area contributed by atoms with E-state index in [1.54, 1.807) is 0 Å². The first kappa shape index (κ1) is 19.8. The minimum Gasteiger partial charge on any atom is -0.381 e. The topological polar surface area (TPSA) is 108 Å². The van der Waals surface area contributed by atoms with E-state index >= 15 is 0 Å². The van der Waals surface area contributed by atoms with Crippen molar-refractivity contribution >= 4 is 11.8 Å². The van der Waals surface area contributed by atoms with Crippen molar-refractivity contribution in [1.82, 2.24) is 10.6 Å². The van der Waals surface area contributed by atoms with Crippen molar-refractivity contribution in [3.05, 3.63) is 0 Å². The Morgan fingerprint density at radius 2 is 1.19 bits per heavy atom. The van der Waals surface area contributed by atoms with Crippen LogP contribution in [0.3, 0.4) is 0 Å². The number of carbonyl (C=O) groups excluding carboxylic acids is 2. The van der Waals surface area contributed by atoms with Gasteiger partial charge in [0.05, 0.1) is 0 Å². The maximum absolute atomic E-state index is 11.3. The van der Waals surface area contributed by atoms with Gasteiger partial charge in [0, 0.05) is 26.3 Å². The lowest BCUT2D eigenvalue weighted by Gasteiger charge is -2.17. The number of hydrogen-bond acceptors (Lipinski definition) is 5. The van der Waals surface area contributed by atoms with Gasteiger partial charge < -0.3 is 25.6 Å². The Bertz CT molecular complexity index is 299. The molecule has 0 saturated carbocycles. The molecule has 0 unspecified atom stereocenters. The second-order valence-corrected chi connectivity index (χ2v) is 5.95. The molecule has 7 heteroatoms. The van der Waals surface area contributed by atoms with Gasteiger partial charge in [0.15, 0.2) is 0 Å². The van der Waals surface area contributed by atoms with Crippen molar-refractivity contribution in [2.24, 2.45) is 0 Å². The van der Waals surface area contributed by atoms with Crippen LogP contribution < -0.4 is 10.6 Å². The summed E-state index contributed by atoms with van der Waals surface area (Å²) >= 11 is 0. The van der Waals surface area contributed by atoms with Crippen LogP contribution in [-0.2, 0) is 14.3 Å². The summed E-state index contributed by atoms with van der Waals surface area (Å²) in [5.41, 5.74) is -2.72. The minimum absolute atomic E-state index is 0.406. The molecule has 0 aliphatic heterocycles. The number of ether oxygens (including phenoxy) is 1. The lowest BCUT2D eigenvalue weighted by molar-refractivity contribution is -0.136. The fourth-order valence-corrected chi connectivity index (χ4v) is 1.29. The molecule has 0 aromatic heterocycles. The largest absolute Gasteiger partial charge is 0.381 e. The number of amides is 2. The number of hydrogen-bond donors (Lipinski definition) is 4. The van der Waals surface area contributed by atoms with E-state index in [9.17, 15) is 19.8 Å². The van der Waals surface area contributed by atoms with Crippen molar-refractivity contribution in [1.29, 1.82) is 0 Å². The summed E-state index contributed by atoms with van der Waals surface area (Å²) in [6.07, 6.45) is 1.30. The Morgan fingerprint density at radius 1 is 0.857 bits per heavy atom. The molecular formula is C14H28N2O5. The van der Waals surface area contributed by atoms with Crippen LogP contribution >= 0.6 is 0 Å². The van der Waals surface area contributed by atoms with Crippen LogP contribution in [0.25, 0.3) is 0 Å². The molecule has 0 rings (SSSR count). The second kappa shape index (κ2) is 8.96. The Hall–Kier alpha value is -1.18. The van der Waals surface area contributed by atoms with Crippen molar-refractivity contribution < 1.29 is 24.5 Å². The van der Waals surface area contributed by atoms with Crippen molar-refractivity contribution in [3.8, 4) is 0 Å². The highest BCUT2D eigenvalue weighted by atomic mass is 16.5. The maximum Gasteiger partial charge on any atom is 0.251 e. The highest BCUT2D eigenvalue weighted by Gasteiger charge is 2.23. The summed E-state index contributed by atoms with van der Waals surface area (Å²) in [5, 5.41) is 24.0. The first-order chi connectivity index (χ1) is 9.55. The van der Waals surface area contributed by atoms with E-state index < -0.39 is 23.0 Å². The summed E-state index contributed by atoms with van der Waals surface area (Å²) in [6.45, 7) is 7.59. The average Bonchev–Trinajstić information content (AvgIpc) is 2.33. The SMILES string of the molecule is CC(C)(O)C(=O)NCCCOCCCNC(=O)C(C)(C)O. The van der Waals surface area contributed by atoms with E-state index in [-0.39, 0.29) is 0 Å². The molecule has 2 amide bonds. The predicted molar refractivity (Wildman–Crippen MR) is 78.7 cm³/mol. The van der Waals surface area contributed by atoms with Crippen LogP contribution in [0.1, 0.15) is 40.5 Å². The Kier molecular flexibility index (Phi) is 8.46. The highest BCUT2D eigenvalue weighted by molar-refractivity contribution is 5.84. The molecule has 0 fully saturated rings. The number of carbonyl (C=O) groups is 2. The molecular weight excluding hydrogens is 276 g/mol. The first-order valence-corrected chi connectivity index (χ1v) is 7.14. The second-order valence-electron chi connectivity index (χ2n) is 5.95. The molecule has 0 saturated heterocycles. The predicted octanol–water partition coefficient (Wildman–Crippen LogP) is -0.443. The monoisotopic (exact) mass is 304 g/mol. The van der Waals surface area contributed by atoms with Gasteiger partial charge in [0.25, 0.3) is 11.8 Å². The fourth-order valence-electron chi connectivity index (χ4n) is 1.29. The lowest BCUT2D eigenvalue weighted by Crippen LogP contribution is -2.42. The molecule has 0 aromatic rings. The zero-order chi connectivity index (χ0) is 16.5. The molecule has 0 radical (unpaired) electrons. The van der Waals surface area contributed by atoms with E-state index in [2.05, 4.69) is 10.6 Å². The lowest BCUT2D eigenvalue weighted by atomic mass is 10.1. The van der Waals surface area contributed by atoms with E-state index in [1.165, 1.54) is 27.7 Å². The van der Waals surface area contributed by atoms with E-state index in [0.717, 1.165) is 0 Å². The molecule has 0 heterocycles. The van der Waals surface area contributed by atoms with Gasteiger partial charge in [-0.1, -0.05) is 0 Å². The molecule has 0 aliphatic carbocycles. The number of rotatable bonds is 10. The first-order valence-electron chi connectivity index (χ1n) is 7.14. The third kappa shape index (κ3) is 10.2. The van der Waals surface area contributed by atoms with E-state index in [4.69, 9.17) is 4.74 Å². The summed E-state index contributed by atoms with van der Waals surface area (Å²) in [7, 11) is 0. The third-order valence-electron chi connectivity index (χ3n) is 2.61. The number of nitrogens with one attached hydrogen (secondary N) is 2. The molecule has 124 valence electrons. The molecule has 0 aromatic carbocycles. The van der Waals surface area contributed by atoms with Crippen LogP contribution in [0.15, 0.2) is 0 Å². The summed E-state index contributed by atoms with van der Waals surface area (Å²) in [5.74, 6) is -0.811. The van der Waals surface area contributed by atoms with Crippen LogP contribution in [0, 0.1) is 0 Å². The fraction of sp³-hybridized carbons (Fsp3) is 0.857. The quantitative estimate of drug-likeness (QED) is 0.409. The van der Waals surface area contributed by atoms with Crippen molar-refractivity contribution in [2.75, 3.05) is 26.3 Å². The van der Waals surface area contributed by atoms with Gasteiger partial charge in [-0.2, -0.15) is 0 Å². The van der Waals surface area contributed by atoms with Gasteiger partial charge in [0.2, 0.25) is 0 Å². The molecule has 0 aliphatic rings. The zero-order valence-electron chi connectivity index (χ0n) is 13.4. The molecule has 7 nitrogen and oxygen atoms in total. The van der Waals surface area contributed by atoms with Gasteiger partial charge in [0.1, 0.15) is 11.2 Å². The van der Waals surface area contributed by atoms with Gasteiger partial charge in [-0.05, 0) is 40.5 Å². The van der Waals surface area contributed by atoms with Gasteiger partial charge in [-0.3, -0.25) is 9.59 Å². The summed E-state index contributed by atoms with van der Waals surface area (Å²) in [6, 6.07) is 0. The van der Waals surface area contributed by atoms with Gasteiger partial charge >= 0.3 is 0 Å². The molecule has 0 spiro atoms. The van der Waals surface area contributed by atoms with Gasteiger partial charge in [-0.25, -0.2) is 0 Å². The highest BCUT2D eigenvalue weighted by Crippen LogP contribution is 2.00. The van der Waals surface area contributed by atoms with E-state index in [0.29, 0.717) is 39.1 Å². The van der Waals surface area contributed by atoms with Crippen molar-refractivity contribution in [2.45, 2.75) is 51.7 Å². The average molecular weight is 304 g/mol. The Labute approximate surface area is 126 Å². The number of aliphatic hydroxyl groups is 2. The van der Waals surface area contributed by atoms with Crippen molar-refractivity contribution in [3.63, 3.8) is 0 Å². The van der Waals surface area contributed by atoms with Crippen LogP contribution in [0.4, 0.5) is 0 Å². The third-order valence-corrected chi connectivity index (χ3v) is 2.61. The van der Waals surface area contributed by atoms with Crippen LogP contribution in [-0.4, -0.2) is 59.5 Å². The summed E-state index contributed by atoms with van der Waals surface area (Å²) < 4.78 is 5.34. The van der Waals surface area contributed by atoms with E-state index in [1.807, 2.05) is 0 Å². The van der Waals surface area contributed by atoms with Crippen LogP contribution in [0.2, 0.25) is 0 Å². The molecule has 21 heavy (non-hydrogen) atoms. The summed E-state index contributed by atoms with van der Waals surface area (Å²) in [4.78, 5) is 22.6. The minimum atomic E-state index is -1.36. The smallest absolute Gasteiger partial charge is 0.251 e. The maximum atomic E-state index is 11.3. The molecule has 0 atom stereocenters. The Balaban J connectivity index is 3.42. The molecule has 4 N–H and O–H groups in total. The van der Waals surface area contributed by atoms with Gasteiger partial charge in [-0.15, -0.1) is 0 Å². The normalized spacial score (nSPS) is 12.1.